The van der Waals surface area contributed by atoms with Crippen molar-refractivity contribution in [1.82, 2.24) is 5.32 Å². The first-order valence-corrected chi connectivity index (χ1v) is 6.96. The molecule has 0 spiro atoms. The normalized spacial score (nSPS) is 20.4. The van der Waals surface area contributed by atoms with Gasteiger partial charge in [0.05, 0.1) is 0 Å². The molecule has 1 saturated carbocycles. The molecule has 0 saturated heterocycles. The highest BCUT2D eigenvalue weighted by Crippen LogP contribution is 2.37. The summed E-state index contributed by atoms with van der Waals surface area (Å²) in [5.74, 6) is 0. The van der Waals surface area contributed by atoms with Crippen LogP contribution in [0.25, 0.3) is 0 Å². The zero-order chi connectivity index (χ0) is 12.3. The van der Waals surface area contributed by atoms with E-state index in [1.54, 1.807) is 0 Å². The SMILES string of the molecule is CC(NCC1(C)CCCC1)c1ccccc1Cl. The Labute approximate surface area is 110 Å². The molecule has 0 aliphatic heterocycles. The van der Waals surface area contributed by atoms with Gasteiger partial charge in [-0.1, -0.05) is 49.6 Å². The van der Waals surface area contributed by atoms with Crippen LogP contribution >= 0.6 is 11.6 Å². The molecule has 0 amide bonds. The average Bonchev–Trinajstić information content (AvgIpc) is 2.74. The van der Waals surface area contributed by atoms with Gasteiger partial charge in [-0.3, -0.25) is 0 Å². The second-order valence-corrected chi connectivity index (χ2v) is 6.05. The van der Waals surface area contributed by atoms with E-state index >= 15 is 0 Å². The number of rotatable bonds is 4. The molecule has 0 aromatic heterocycles. The summed E-state index contributed by atoms with van der Waals surface area (Å²) >= 11 is 6.21. The molecule has 0 bridgehead atoms. The summed E-state index contributed by atoms with van der Waals surface area (Å²) < 4.78 is 0. The van der Waals surface area contributed by atoms with Gasteiger partial charge in [0.2, 0.25) is 0 Å². The van der Waals surface area contributed by atoms with Crippen molar-refractivity contribution >= 4 is 11.6 Å². The highest BCUT2D eigenvalue weighted by atomic mass is 35.5. The fraction of sp³-hybridized carbons (Fsp3) is 0.600. The lowest BCUT2D eigenvalue weighted by Crippen LogP contribution is -2.31. The second-order valence-electron chi connectivity index (χ2n) is 5.64. The van der Waals surface area contributed by atoms with Crippen LogP contribution < -0.4 is 5.32 Å². The van der Waals surface area contributed by atoms with Gasteiger partial charge in [0, 0.05) is 17.6 Å². The van der Waals surface area contributed by atoms with E-state index in [9.17, 15) is 0 Å². The summed E-state index contributed by atoms with van der Waals surface area (Å²) in [6, 6.07) is 8.44. The van der Waals surface area contributed by atoms with Crippen molar-refractivity contribution in [1.29, 1.82) is 0 Å². The zero-order valence-corrected chi connectivity index (χ0v) is 11.6. The smallest absolute Gasteiger partial charge is 0.0453 e. The number of hydrogen-bond donors (Lipinski definition) is 1. The maximum atomic E-state index is 6.21. The molecule has 94 valence electrons. The molecular weight excluding hydrogens is 230 g/mol. The van der Waals surface area contributed by atoms with Crippen LogP contribution in [0.15, 0.2) is 24.3 Å². The Morgan fingerprint density at radius 3 is 2.59 bits per heavy atom. The van der Waals surface area contributed by atoms with E-state index in [0.29, 0.717) is 11.5 Å². The summed E-state index contributed by atoms with van der Waals surface area (Å²) in [6.45, 7) is 5.69. The predicted molar refractivity (Wildman–Crippen MR) is 74.4 cm³/mol. The lowest BCUT2D eigenvalue weighted by Gasteiger charge is -2.26. The first-order valence-electron chi connectivity index (χ1n) is 6.59. The van der Waals surface area contributed by atoms with Gasteiger partial charge >= 0.3 is 0 Å². The van der Waals surface area contributed by atoms with Crippen LogP contribution in [0.5, 0.6) is 0 Å². The van der Waals surface area contributed by atoms with Gasteiger partial charge in [-0.05, 0) is 36.8 Å². The largest absolute Gasteiger partial charge is 0.310 e. The third kappa shape index (κ3) is 3.23. The van der Waals surface area contributed by atoms with Crippen LogP contribution in [0.2, 0.25) is 5.02 Å². The van der Waals surface area contributed by atoms with Gasteiger partial charge in [-0.25, -0.2) is 0 Å². The monoisotopic (exact) mass is 251 g/mol. The van der Waals surface area contributed by atoms with Gasteiger partial charge in [0.1, 0.15) is 0 Å². The molecule has 1 atom stereocenters. The summed E-state index contributed by atoms with van der Waals surface area (Å²) in [6.07, 6.45) is 5.49. The molecule has 1 aliphatic carbocycles. The van der Waals surface area contributed by atoms with Crippen molar-refractivity contribution in [3.8, 4) is 0 Å². The molecule has 2 heteroatoms. The molecule has 17 heavy (non-hydrogen) atoms. The maximum absolute atomic E-state index is 6.21. The van der Waals surface area contributed by atoms with E-state index in [4.69, 9.17) is 11.6 Å². The fourth-order valence-corrected chi connectivity index (χ4v) is 3.04. The van der Waals surface area contributed by atoms with Crippen LogP contribution in [0, 0.1) is 5.41 Å². The molecule has 1 aromatic rings. The molecule has 0 radical (unpaired) electrons. The van der Waals surface area contributed by atoms with Crippen LogP contribution in [0.3, 0.4) is 0 Å². The summed E-state index contributed by atoms with van der Waals surface area (Å²) in [7, 11) is 0. The average molecular weight is 252 g/mol. The number of benzene rings is 1. The third-order valence-electron chi connectivity index (χ3n) is 4.02. The molecule has 0 heterocycles. The lowest BCUT2D eigenvalue weighted by atomic mass is 9.88. The number of nitrogens with one attached hydrogen (secondary N) is 1. The highest BCUT2D eigenvalue weighted by molar-refractivity contribution is 6.31. The number of halogens is 1. The van der Waals surface area contributed by atoms with Crippen molar-refractivity contribution in [3.63, 3.8) is 0 Å². The highest BCUT2D eigenvalue weighted by Gasteiger charge is 2.28. The molecule has 1 nitrogen and oxygen atoms in total. The van der Waals surface area contributed by atoms with E-state index in [1.807, 2.05) is 12.1 Å². The molecule has 1 aliphatic rings. The molecule has 2 rings (SSSR count). The van der Waals surface area contributed by atoms with E-state index in [0.717, 1.165) is 11.6 Å². The van der Waals surface area contributed by atoms with Gasteiger partial charge in [-0.15, -0.1) is 0 Å². The molecule has 1 aromatic carbocycles. The molecule has 1 N–H and O–H groups in total. The molecule has 1 fully saturated rings. The Balaban J connectivity index is 1.93. The lowest BCUT2D eigenvalue weighted by molar-refractivity contribution is 0.302. The Morgan fingerprint density at radius 1 is 1.29 bits per heavy atom. The Kier molecular flexibility index (Phi) is 4.11. The van der Waals surface area contributed by atoms with E-state index < -0.39 is 0 Å². The van der Waals surface area contributed by atoms with Gasteiger partial charge in [0.25, 0.3) is 0 Å². The van der Waals surface area contributed by atoms with Crippen molar-refractivity contribution in [2.45, 2.75) is 45.6 Å². The van der Waals surface area contributed by atoms with Gasteiger partial charge in [-0.2, -0.15) is 0 Å². The summed E-state index contributed by atoms with van der Waals surface area (Å²) in [5.41, 5.74) is 1.70. The Morgan fingerprint density at radius 2 is 1.94 bits per heavy atom. The number of hydrogen-bond acceptors (Lipinski definition) is 1. The first kappa shape index (κ1) is 12.9. The van der Waals surface area contributed by atoms with Crippen molar-refractivity contribution in [3.05, 3.63) is 34.9 Å². The molecule has 1 unspecified atom stereocenters. The summed E-state index contributed by atoms with van der Waals surface area (Å²) in [5, 5.41) is 4.50. The van der Waals surface area contributed by atoms with Crippen molar-refractivity contribution in [2.24, 2.45) is 5.41 Å². The van der Waals surface area contributed by atoms with Gasteiger partial charge < -0.3 is 5.32 Å². The van der Waals surface area contributed by atoms with Gasteiger partial charge in [0.15, 0.2) is 0 Å². The van der Waals surface area contributed by atoms with Crippen LogP contribution in [-0.2, 0) is 0 Å². The topological polar surface area (TPSA) is 12.0 Å². The quantitative estimate of drug-likeness (QED) is 0.827. The van der Waals surface area contributed by atoms with Crippen LogP contribution in [-0.4, -0.2) is 6.54 Å². The van der Waals surface area contributed by atoms with Crippen LogP contribution in [0.1, 0.15) is 51.1 Å². The standard InChI is InChI=1S/C15H22ClN/c1-12(13-7-3-4-8-14(13)16)17-11-15(2)9-5-6-10-15/h3-4,7-8,12,17H,5-6,9-11H2,1-2H3. The Bertz CT molecular complexity index is 369. The third-order valence-corrected chi connectivity index (χ3v) is 4.36. The minimum atomic E-state index is 0.334. The van der Waals surface area contributed by atoms with Crippen molar-refractivity contribution in [2.75, 3.05) is 6.54 Å². The Hall–Kier alpha value is -0.530. The predicted octanol–water partition coefficient (Wildman–Crippen LogP) is 4.57. The molecular formula is C15H22ClN. The first-order chi connectivity index (χ1) is 8.11. The van der Waals surface area contributed by atoms with E-state index in [-0.39, 0.29) is 0 Å². The van der Waals surface area contributed by atoms with Crippen molar-refractivity contribution < 1.29 is 0 Å². The van der Waals surface area contributed by atoms with E-state index in [2.05, 4.69) is 31.3 Å². The van der Waals surface area contributed by atoms with E-state index in [1.165, 1.54) is 31.2 Å². The minimum absolute atomic E-state index is 0.334. The summed E-state index contributed by atoms with van der Waals surface area (Å²) in [4.78, 5) is 0. The fourth-order valence-electron chi connectivity index (χ4n) is 2.74. The minimum Gasteiger partial charge on any atom is -0.310 e. The zero-order valence-electron chi connectivity index (χ0n) is 10.8. The maximum Gasteiger partial charge on any atom is 0.0453 e. The second kappa shape index (κ2) is 5.41. The van der Waals surface area contributed by atoms with Crippen LogP contribution in [0.4, 0.5) is 0 Å².